The Hall–Kier alpha value is -0.660. The van der Waals surface area contributed by atoms with Gasteiger partial charge in [0, 0.05) is 23.6 Å². The summed E-state index contributed by atoms with van der Waals surface area (Å²) in [5.41, 5.74) is 1.94. The third-order valence-electron chi connectivity index (χ3n) is 4.37. The largest absolute Gasteiger partial charge is 0.392 e. The number of halogens is 2. The molecule has 2 heterocycles. The second kappa shape index (κ2) is 7.49. The summed E-state index contributed by atoms with van der Waals surface area (Å²) in [5.74, 6) is 0. The first-order valence-corrected chi connectivity index (χ1v) is 9.05. The van der Waals surface area contributed by atoms with Crippen LogP contribution in [0.2, 0.25) is 5.02 Å². The first kappa shape index (κ1) is 17.2. The second-order valence-electron chi connectivity index (χ2n) is 6.23. The molecule has 1 saturated heterocycles. The molecule has 3 atom stereocenters. The van der Waals surface area contributed by atoms with E-state index in [1.54, 1.807) is 6.34 Å². The molecule has 1 fully saturated rings. The Bertz CT molecular complexity index is 599. The number of rotatable bonds is 4. The molecule has 0 spiro atoms. The van der Waals surface area contributed by atoms with Gasteiger partial charge in [0.1, 0.15) is 0 Å². The first-order valence-electron chi connectivity index (χ1n) is 7.88. The van der Waals surface area contributed by atoms with Crippen molar-refractivity contribution in [3.8, 4) is 0 Å². The van der Waals surface area contributed by atoms with Gasteiger partial charge in [-0.1, -0.05) is 11.6 Å². The fourth-order valence-electron chi connectivity index (χ4n) is 3.15. The molecular formula is C16H21BrClN3O2. The number of β-amino-alcohol motifs (C(OH)–C–C–N with tert-alkyl or cyclic N) is 1. The predicted octanol–water partition coefficient (Wildman–Crippen LogP) is 2.44. The van der Waals surface area contributed by atoms with Gasteiger partial charge in [0.25, 0.3) is 0 Å². The van der Waals surface area contributed by atoms with E-state index in [9.17, 15) is 10.2 Å². The molecule has 23 heavy (non-hydrogen) atoms. The van der Waals surface area contributed by atoms with Crippen LogP contribution in [0.1, 0.15) is 24.8 Å². The van der Waals surface area contributed by atoms with E-state index in [1.807, 2.05) is 17.0 Å². The molecule has 0 saturated carbocycles. The molecule has 1 unspecified atom stereocenters. The van der Waals surface area contributed by atoms with Crippen LogP contribution in [-0.4, -0.2) is 52.8 Å². The summed E-state index contributed by atoms with van der Waals surface area (Å²) in [7, 11) is 0. The minimum absolute atomic E-state index is 0.0295. The van der Waals surface area contributed by atoms with E-state index in [0.29, 0.717) is 24.5 Å². The SMILES string of the molecule is OC(C[C@H]1NCCC[C@@H]1O)CN1C=Nc2cc(Br)c(Cl)cc2C1. The number of aliphatic imine (C=N–C) groups is 1. The van der Waals surface area contributed by atoms with Crippen molar-refractivity contribution >= 4 is 39.6 Å². The lowest BCUT2D eigenvalue weighted by atomic mass is 9.96. The zero-order valence-corrected chi connectivity index (χ0v) is 15.1. The van der Waals surface area contributed by atoms with Crippen molar-refractivity contribution in [2.24, 2.45) is 4.99 Å². The predicted molar refractivity (Wildman–Crippen MR) is 95.4 cm³/mol. The third-order valence-corrected chi connectivity index (χ3v) is 5.57. The summed E-state index contributed by atoms with van der Waals surface area (Å²) in [6.45, 7) is 2.06. The Kier molecular flexibility index (Phi) is 5.59. The van der Waals surface area contributed by atoms with E-state index < -0.39 is 6.10 Å². The molecule has 0 amide bonds. The Balaban J connectivity index is 1.58. The van der Waals surface area contributed by atoms with Gasteiger partial charge in [0.2, 0.25) is 0 Å². The van der Waals surface area contributed by atoms with Crippen molar-refractivity contribution in [3.05, 3.63) is 27.2 Å². The Labute approximate surface area is 149 Å². The summed E-state index contributed by atoms with van der Waals surface area (Å²) in [6.07, 6.45) is 3.20. The third kappa shape index (κ3) is 4.25. The summed E-state index contributed by atoms with van der Waals surface area (Å²) < 4.78 is 0.834. The molecule has 5 nitrogen and oxygen atoms in total. The van der Waals surface area contributed by atoms with Crippen LogP contribution >= 0.6 is 27.5 Å². The van der Waals surface area contributed by atoms with Crippen LogP contribution in [0.15, 0.2) is 21.6 Å². The van der Waals surface area contributed by atoms with E-state index in [0.717, 1.165) is 35.1 Å². The Morgan fingerprint density at radius 3 is 3.09 bits per heavy atom. The monoisotopic (exact) mass is 401 g/mol. The summed E-state index contributed by atoms with van der Waals surface area (Å²) >= 11 is 9.54. The lowest BCUT2D eigenvalue weighted by molar-refractivity contribution is 0.0524. The minimum atomic E-state index is -0.515. The first-order chi connectivity index (χ1) is 11.0. The highest BCUT2D eigenvalue weighted by Crippen LogP contribution is 2.33. The zero-order valence-electron chi connectivity index (χ0n) is 12.8. The van der Waals surface area contributed by atoms with E-state index in [-0.39, 0.29) is 12.1 Å². The van der Waals surface area contributed by atoms with E-state index in [4.69, 9.17) is 11.6 Å². The molecule has 2 aliphatic heterocycles. The van der Waals surface area contributed by atoms with E-state index >= 15 is 0 Å². The normalized spacial score (nSPS) is 25.3. The quantitative estimate of drug-likeness (QED) is 0.723. The van der Waals surface area contributed by atoms with E-state index in [1.165, 1.54) is 0 Å². The number of benzene rings is 1. The van der Waals surface area contributed by atoms with Gasteiger partial charge >= 0.3 is 0 Å². The number of aliphatic hydroxyl groups excluding tert-OH is 2. The minimum Gasteiger partial charge on any atom is -0.392 e. The maximum Gasteiger partial charge on any atom is 0.0916 e. The van der Waals surface area contributed by atoms with Gasteiger partial charge in [0.05, 0.1) is 29.3 Å². The van der Waals surface area contributed by atoms with Crippen LogP contribution in [0.5, 0.6) is 0 Å². The number of piperidine rings is 1. The summed E-state index contributed by atoms with van der Waals surface area (Å²) in [4.78, 5) is 6.41. The maximum atomic E-state index is 10.3. The molecule has 0 aromatic heterocycles. The highest BCUT2D eigenvalue weighted by atomic mass is 79.9. The number of nitrogens with zero attached hydrogens (tertiary/aromatic N) is 2. The van der Waals surface area contributed by atoms with Crippen molar-refractivity contribution in [2.75, 3.05) is 13.1 Å². The number of nitrogens with one attached hydrogen (secondary N) is 1. The fourth-order valence-corrected chi connectivity index (χ4v) is 3.67. The molecule has 0 bridgehead atoms. The topological polar surface area (TPSA) is 68.1 Å². The summed E-state index contributed by atoms with van der Waals surface area (Å²) in [5, 5.41) is 24.3. The van der Waals surface area contributed by atoms with Gasteiger partial charge in [-0.05, 0) is 59.4 Å². The Morgan fingerprint density at radius 1 is 1.48 bits per heavy atom. The van der Waals surface area contributed by atoms with Gasteiger partial charge in [0.15, 0.2) is 0 Å². The molecule has 0 radical (unpaired) electrons. The maximum absolute atomic E-state index is 10.3. The fraction of sp³-hybridized carbons (Fsp3) is 0.562. The van der Waals surface area contributed by atoms with Gasteiger partial charge in [-0.25, -0.2) is 4.99 Å². The number of aliphatic hydroxyl groups is 2. The summed E-state index contributed by atoms with van der Waals surface area (Å²) in [6, 6.07) is 3.78. The highest BCUT2D eigenvalue weighted by Gasteiger charge is 2.26. The standard InChI is InChI=1S/C16H21BrClN3O2/c17-12-6-14-10(4-13(12)18)7-21(9-20-14)8-11(22)5-15-16(23)2-1-3-19-15/h4,6,9,11,15-16,19,22-23H,1-3,5,7-8H2/t11?,15-,16+/m1/s1. The highest BCUT2D eigenvalue weighted by molar-refractivity contribution is 9.10. The van der Waals surface area contributed by atoms with Crippen molar-refractivity contribution in [1.82, 2.24) is 10.2 Å². The average Bonchev–Trinajstić information content (AvgIpc) is 2.51. The lowest BCUT2D eigenvalue weighted by Gasteiger charge is -2.32. The van der Waals surface area contributed by atoms with Crippen LogP contribution in [0.4, 0.5) is 5.69 Å². The lowest BCUT2D eigenvalue weighted by Crippen LogP contribution is -2.48. The average molecular weight is 403 g/mol. The number of hydrogen-bond donors (Lipinski definition) is 3. The molecule has 7 heteroatoms. The van der Waals surface area contributed by atoms with Gasteiger partial charge < -0.3 is 20.4 Å². The van der Waals surface area contributed by atoms with Crippen LogP contribution in [-0.2, 0) is 6.54 Å². The van der Waals surface area contributed by atoms with Gasteiger partial charge in [-0.2, -0.15) is 0 Å². The van der Waals surface area contributed by atoms with Crippen molar-refractivity contribution < 1.29 is 10.2 Å². The zero-order chi connectivity index (χ0) is 16.4. The number of hydrogen-bond acceptors (Lipinski definition) is 5. The number of fused-ring (bicyclic) bond motifs is 1. The smallest absolute Gasteiger partial charge is 0.0916 e. The van der Waals surface area contributed by atoms with Crippen LogP contribution in [0.3, 0.4) is 0 Å². The Morgan fingerprint density at radius 2 is 2.30 bits per heavy atom. The molecule has 1 aromatic carbocycles. The molecule has 3 rings (SSSR count). The molecule has 0 aliphatic carbocycles. The molecule has 2 aliphatic rings. The van der Waals surface area contributed by atoms with Crippen LogP contribution < -0.4 is 5.32 Å². The van der Waals surface area contributed by atoms with Crippen molar-refractivity contribution in [1.29, 1.82) is 0 Å². The van der Waals surface area contributed by atoms with Gasteiger partial charge in [-0.3, -0.25) is 0 Å². The molecule has 1 aromatic rings. The second-order valence-corrected chi connectivity index (χ2v) is 7.49. The van der Waals surface area contributed by atoms with Gasteiger partial charge in [-0.15, -0.1) is 0 Å². The molecule has 126 valence electrons. The van der Waals surface area contributed by atoms with E-state index in [2.05, 4.69) is 26.2 Å². The van der Waals surface area contributed by atoms with Crippen molar-refractivity contribution in [2.45, 2.75) is 44.1 Å². The molecular weight excluding hydrogens is 382 g/mol. The van der Waals surface area contributed by atoms with Crippen molar-refractivity contribution in [3.63, 3.8) is 0 Å². The van der Waals surface area contributed by atoms with Crippen LogP contribution in [0, 0.1) is 0 Å². The van der Waals surface area contributed by atoms with Crippen LogP contribution in [0.25, 0.3) is 0 Å². The molecule has 3 N–H and O–H groups in total.